The molecule has 1 amide bonds. The van der Waals surface area contributed by atoms with Crippen LogP contribution in [-0.4, -0.2) is 65.1 Å². The number of guanidine groups is 1. The Bertz CT molecular complexity index is 1170. The molecule has 1 aromatic heterocycles. The number of nitrogens with zero attached hydrogens (tertiary/aromatic N) is 3. The molecule has 4 N–H and O–H groups in total. The molecule has 0 aliphatic carbocycles. The van der Waals surface area contributed by atoms with E-state index in [1.165, 1.54) is 11.1 Å². The first-order chi connectivity index (χ1) is 19.3. The lowest BCUT2D eigenvalue weighted by atomic mass is 9.89. The number of esters is 1. The summed E-state index contributed by atoms with van der Waals surface area (Å²) in [6.07, 6.45) is 4.35. The topological polar surface area (TPSA) is 158 Å². The van der Waals surface area contributed by atoms with Gasteiger partial charge in [-0.25, -0.2) is 4.39 Å². The number of ketones is 2. The molecule has 40 heavy (non-hydrogen) atoms. The molecule has 1 saturated heterocycles. The number of alkyl halides is 1. The molecule has 3 rings (SSSR count). The van der Waals surface area contributed by atoms with Gasteiger partial charge in [-0.15, -0.1) is 0 Å². The van der Waals surface area contributed by atoms with Crippen LogP contribution in [0.1, 0.15) is 55.6 Å². The second-order valence-corrected chi connectivity index (χ2v) is 9.80. The Morgan fingerprint density at radius 2 is 1.88 bits per heavy atom. The van der Waals surface area contributed by atoms with Crippen molar-refractivity contribution >= 4 is 29.4 Å². The van der Waals surface area contributed by atoms with Gasteiger partial charge in [-0.05, 0) is 42.9 Å². The number of pyridine rings is 1. The lowest BCUT2D eigenvalue weighted by Crippen LogP contribution is -2.44. The molecule has 0 bridgehead atoms. The molecule has 1 aromatic carbocycles. The highest BCUT2D eigenvalue weighted by molar-refractivity contribution is 5.96. The highest BCUT2D eigenvalue weighted by Gasteiger charge is 2.39. The van der Waals surface area contributed by atoms with E-state index in [-0.39, 0.29) is 50.1 Å². The monoisotopic (exact) mass is 553 g/mol. The number of carbonyl (C=O) groups excluding carboxylic acids is 4. The van der Waals surface area contributed by atoms with Crippen LogP contribution < -0.4 is 11.5 Å². The number of nitrogens with two attached hydrogens (primary N) is 2. The number of hydrogen-bond acceptors (Lipinski definition) is 7. The number of amides is 1. The summed E-state index contributed by atoms with van der Waals surface area (Å²) in [5.41, 5.74) is 12.0. The first-order valence-electron chi connectivity index (χ1n) is 13.4. The second-order valence-electron chi connectivity index (χ2n) is 9.80. The summed E-state index contributed by atoms with van der Waals surface area (Å²) in [7, 11) is 0. The van der Waals surface area contributed by atoms with Gasteiger partial charge < -0.3 is 21.1 Å². The summed E-state index contributed by atoms with van der Waals surface area (Å²) in [6.45, 7) is -0.515. The van der Waals surface area contributed by atoms with Gasteiger partial charge in [0.15, 0.2) is 17.5 Å². The van der Waals surface area contributed by atoms with Gasteiger partial charge >= 0.3 is 5.97 Å². The van der Waals surface area contributed by atoms with Crippen molar-refractivity contribution in [2.24, 2.45) is 22.4 Å². The van der Waals surface area contributed by atoms with E-state index in [1.54, 1.807) is 18.3 Å². The minimum atomic E-state index is -1.18. The standard InChI is InChI=1S/C29H36FN5O5/c30-17-26(37)21(9-5-13-34-29(31)32)15-25(36)24-11-6-14-35(24)28(39)23(22-10-4-12-33-18-22)16-27(38)40-19-20-7-2-1-3-8-20/h1-4,7-8,10,12,18,21,23-24H,5-6,9,11,13-17,19H2,(H4,31,32,34)/t21-,23+,24+/m1/s1. The van der Waals surface area contributed by atoms with E-state index in [1.807, 2.05) is 30.3 Å². The van der Waals surface area contributed by atoms with Gasteiger partial charge in [-0.2, -0.15) is 0 Å². The number of carbonyl (C=O) groups is 4. The average Bonchev–Trinajstić information content (AvgIpc) is 3.47. The van der Waals surface area contributed by atoms with Gasteiger partial charge in [0.05, 0.1) is 18.4 Å². The molecule has 2 aromatic rings. The Morgan fingerprint density at radius 3 is 2.55 bits per heavy atom. The van der Waals surface area contributed by atoms with Gasteiger partial charge in [0.25, 0.3) is 0 Å². The molecule has 0 unspecified atom stereocenters. The van der Waals surface area contributed by atoms with Crippen LogP contribution in [0.2, 0.25) is 0 Å². The van der Waals surface area contributed by atoms with E-state index >= 15 is 0 Å². The van der Waals surface area contributed by atoms with Crippen LogP contribution in [0.4, 0.5) is 4.39 Å². The van der Waals surface area contributed by atoms with E-state index in [4.69, 9.17) is 16.2 Å². The number of aromatic nitrogens is 1. The third-order valence-electron chi connectivity index (χ3n) is 6.95. The van der Waals surface area contributed by atoms with Crippen LogP contribution in [0.25, 0.3) is 0 Å². The lowest BCUT2D eigenvalue weighted by molar-refractivity contribution is -0.149. The lowest BCUT2D eigenvalue weighted by Gasteiger charge is -2.29. The van der Waals surface area contributed by atoms with Crippen molar-refractivity contribution in [1.29, 1.82) is 0 Å². The Balaban J connectivity index is 1.70. The van der Waals surface area contributed by atoms with Gasteiger partial charge in [0.2, 0.25) is 5.91 Å². The van der Waals surface area contributed by atoms with Crippen LogP contribution in [0.5, 0.6) is 0 Å². The van der Waals surface area contributed by atoms with Crippen LogP contribution in [0.3, 0.4) is 0 Å². The van der Waals surface area contributed by atoms with Crippen molar-refractivity contribution in [2.75, 3.05) is 19.8 Å². The average molecular weight is 554 g/mol. The maximum atomic E-state index is 13.8. The third kappa shape index (κ3) is 8.96. The van der Waals surface area contributed by atoms with Crippen molar-refractivity contribution in [3.05, 3.63) is 66.0 Å². The summed E-state index contributed by atoms with van der Waals surface area (Å²) < 4.78 is 18.7. The molecule has 1 aliphatic rings. The third-order valence-corrected chi connectivity index (χ3v) is 6.95. The summed E-state index contributed by atoms with van der Waals surface area (Å²) in [6, 6.07) is 11.8. The van der Waals surface area contributed by atoms with E-state index in [9.17, 15) is 23.6 Å². The number of halogens is 1. The van der Waals surface area contributed by atoms with Crippen molar-refractivity contribution < 1.29 is 28.3 Å². The first-order valence-corrected chi connectivity index (χ1v) is 13.4. The quantitative estimate of drug-likeness (QED) is 0.147. The SMILES string of the molecule is NC(N)=NCCC[C@H](CC(=O)[C@@H]1CCCN1C(=O)[C@@H](CC(=O)OCc1ccccc1)c1cccnc1)C(=O)CF. The Morgan fingerprint density at radius 1 is 1.10 bits per heavy atom. The molecule has 1 fully saturated rings. The Labute approximate surface area is 233 Å². The van der Waals surface area contributed by atoms with E-state index in [0.29, 0.717) is 31.4 Å². The van der Waals surface area contributed by atoms with Gasteiger partial charge in [-0.1, -0.05) is 36.4 Å². The fourth-order valence-corrected chi connectivity index (χ4v) is 4.87. The van der Waals surface area contributed by atoms with Crippen LogP contribution >= 0.6 is 0 Å². The summed E-state index contributed by atoms with van der Waals surface area (Å²) in [5.74, 6) is -3.72. The van der Waals surface area contributed by atoms with Crippen LogP contribution in [0.15, 0.2) is 59.9 Å². The molecule has 0 spiro atoms. The smallest absolute Gasteiger partial charge is 0.307 e. The first kappa shape index (κ1) is 30.4. The largest absolute Gasteiger partial charge is 0.461 e. The number of benzene rings is 1. The molecular formula is C29H36FN5O5. The molecule has 214 valence electrons. The molecule has 2 heterocycles. The van der Waals surface area contributed by atoms with E-state index < -0.39 is 36.3 Å². The molecule has 11 heteroatoms. The van der Waals surface area contributed by atoms with Crippen molar-refractivity contribution in [2.45, 2.75) is 57.1 Å². The number of hydrogen-bond donors (Lipinski definition) is 2. The molecule has 0 radical (unpaired) electrons. The second kappa shape index (κ2) is 15.4. The number of ether oxygens (including phenoxy) is 1. The number of likely N-dealkylation sites (tertiary alicyclic amines) is 1. The fraction of sp³-hybridized carbons (Fsp3) is 0.448. The normalized spacial score (nSPS) is 16.1. The van der Waals surface area contributed by atoms with E-state index in [2.05, 4.69) is 9.98 Å². The van der Waals surface area contributed by atoms with Gasteiger partial charge in [0.1, 0.15) is 13.3 Å². The van der Waals surface area contributed by atoms with Crippen molar-refractivity contribution in [3.8, 4) is 0 Å². The Hall–Kier alpha value is -4.15. The molecule has 0 saturated carbocycles. The predicted molar refractivity (Wildman–Crippen MR) is 147 cm³/mol. The minimum absolute atomic E-state index is 0.0750. The fourth-order valence-electron chi connectivity index (χ4n) is 4.87. The zero-order valence-corrected chi connectivity index (χ0v) is 22.4. The molecular weight excluding hydrogens is 517 g/mol. The summed E-state index contributed by atoms with van der Waals surface area (Å²) >= 11 is 0. The van der Waals surface area contributed by atoms with Crippen molar-refractivity contribution in [3.63, 3.8) is 0 Å². The number of Topliss-reactive ketones (excluding diaryl/α,β-unsaturated/α-hetero) is 2. The Kier molecular flexibility index (Phi) is 11.7. The van der Waals surface area contributed by atoms with Crippen LogP contribution in [-0.2, 0) is 30.5 Å². The number of rotatable bonds is 15. The summed E-state index contributed by atoms with van der Waals surface area (Å²) in [5, 5.41) is 0. The molecule has 10 nitrogen and oxygen atoms in total. The summed E-state index contributed by atoms with van der Waals surface area (Å²) in [4.78, 5) is 61.6. The maximum absolute atomic E-state index is 13.8. The van der Waals surface area contributed by atoms with Gasteiger partial charge in [0, 0.05) is 37.8 Å². The molecule has 3 atom stereocenters. The predicted octanol–water partition coefficient (Wildman–Crippen LogP) is 2.46. The molecule has 1 aliphatic heterocycles. The highest BCUT2D eigenvalue weighted by atomic mass is 19.1. The zero-order chi connectivity index (χ0) is 28.9. The van der Waals surface area contributed by atoms with Crippen LogP contribution in [0, 0.1) is 5.92 Å². The zero-order valence-electron chi connectivity index (χ0n) is 22.4. The minimum Gasteiger partial charge on any atom is -0.461 e. The maximum Gasteiger partial charge on any atom is 0.307 e. The van der Waals surface area contributed by atoms with Gasteiger partial charge in [-0.3, -0.25) is 29.2 Å². The van der Waals surface area contributed by atoms with Crippen molar-refractivity contribution in [1.82, 2.24) is 9.88 Å². The highest BCUT2D eigenvalue weighted by Crippen LogP contribution is 2.29. The van der Waals surface area contributed by atoms with E-state index in [0.717, 1.165) is 5.56 Å². The number of aliphatic imine (C=N–C) groups is 1.